The average Bonchev–Trinajstić information content (AvgIpc) is 2.43. The SMILES string of the molecule is Cc1ccc(NC(=O)N/C=C/c2ccccc2)c(O)c1. The third kappa shape index (κ3) is 3.88. The summed E-state index contributed by atoms with van der Waals surface area (Å²) in [5, 5.41) is 14.8. The first-order valence-corrected chi connectivity index (χ1v) is 6.24. The van der Waals surface area contributed by atoms with Crippen LogP contribution in [0.15, 0.2) is 54.7 Å². The number of nitrogens with one attached hydrogen (secondary N) is 2. The lowest BCUT2D eigenvalue weighted by Gasteiger charge is -2.07. The van der Waals surface area contributed by atoms with Crippen LogP contribution in [0.25, 0.3) is 6.08 Å². The van der Waals surface area contributed by atoms with Gasteiger partial charge >= 0.3 is 6.03 Å². The van der Waals surface area contributed by atoms with Gasteiger partial charge in [0.1, 0.15) is 5.75 Å². The third-order valence-electron chi connectivity index (χ3n) is 2.69. The largest absolute Gasteiger partial charge is 0.506 e. The number of hydrogen-bond donors (Lipinski definition) is 3. The van der Waals surface area contributed by atoms with Crippen LogP contribution in [0, 0.1) is 6.92 Å². The van der Waals surface area contributed by atoms with Gasteiger partial charge in [0.25, 0.3) is 0 Å². The number of hydrogen-bond acceptors (Lipinski definition) is 2. The zero-order valence-corrected chi connectivity index (χ0v) is 11.1. The summed E-state index contributed by atoms with van der Waals surface area (Å²) in [5.74, 6) is 0.0483. The van der Waals surface area contributed by atoms with Crippen molar-refractivity contribution in [2.45, 2.75) is 6.92 Å². The van der Waals surface area contributed by atoms with Crippen LogP contribution in [0.3, 0.4) is 0 Å². The molecule has 0 saturated carbocycles. The van der Waals surface area contributed by atoms with E-state index in [0.717, 1.165) is 11.1 Å². The van der Waals surface area contributed by atoms with Crippen LogP contribution in [-0.2, 0) is 0 Å². The number of benzene rings is 2. The molecule has 0 aliphatic rings. The number of aromatic hydroxyl groups is 1. The standard InChI is InChI=1S/C16H16N2O2/c1-12-7-8-14(15(19)11-12)18-16(20)17-10-9-13-5-3-2-4-6-13/h2-11,19H,1H3,(H2,17,18,20)/b10-9+. The molecule has 20 heavy (non-hydrogen) atoms. The second-order valence-electron chi connectivity index (χ2n) is 4.36. The maximum Gasteiger partial charge on any atom is 0.323 e. The Bertz CT molecular complexity index is 622. The molecule has 102 valence electrons. The van der Waals surface area contributed by atoms with Gasteiger partial charge in [0.15, 0.2) is 0 Å². The summed E-state index contributed by atoms with van der Waals surface area (Å²) in [6, 6.07) is 14.3. The summed E-state index contributed by atoms with van der Waals surface area (Å²) in [5.41, 5.74) is 2.30. The third-order valence-corrected chi connectivity index (χ3v) is 2.69. The van der Waals surface area contributed by atoms with E-state index in [1.807, 2.05) is 43.3 Å². The predicted molar refractivity (Wildman–Crippen MR) is 80.5 cm³/mol. The second-order valence-corrected chi connectivity index (χ2v) is 4.36. The number of anilines is 1. The van der Waals surface area contributed by atoms with E-state index in [2.05, 4.69) is 10.6 Å². The van der Waals surface area contributed by atoms with E-state index in [0.29, 0.717) is 5.69 Å². The van der Waals surface area contributed by atoms with Crippen LogP contribution in [-0.4, -0.2) is 11.1 Å². The van der Waals surface area contributed by atoms with Crippen LogP contribution >= 0.6 is 0 Å². The maximum atomic E-state index is 11.7. The van der Waals surface area contributed by atoms with E-state index in [1.54, 1.807) is 24.4 Å². The zero-order valence-electron chi connectivity index (χ0n) is 11.1. The van der Waals surface area contributed by atoms with E-state index in [1.165, 1.54) is 0 Å². The molecular formula is C16H16N2O2. The summed E-state index contributed by atoms with van der Waals surface area (Å²) in [4.78, 5) is 11.7. The average molecular weight is 268 g/mol. The fourth-order valence-electron chi connectivity index (χ4n) is 1.68. The van der Waals surface area contributed by atoms with Crippen molar-refractivity contribution in [3.05, 3.63) is 65.9 Å². The molecule has 2 aromatic carbocycles. The molecule has 3 N–H and O–H groups in total. The first-order chi connectivity index (χ1) is 9.65. The number of phenols is 1. The normalized spacial score (nSPS) is 10.4. The Kier molecular flexibility index (Phi) is 4.39. The number of phenolic OH excluding ortho intramolecular Hbond substituents is 1. The molecule has 0 bridgehead atoms. The number of aryl methyl sites for hydroxylation is 1. The second kappa shape index (κ2) is 6.43. The van der Waals surface area contributed by atoms with Crippen LogP contribution in [0.2, 0.25) is 0 Å². The van der Waals surface area contributed by atoms with Crippen molar-refractivity contribution in [3.63, 3.8) is 0 Å². The summed E-state index contributed by atoms with van der Waals surface area (Å²) in [6.45, 7) is 1.87. The van der Waals surface area contributed by atoms with Crippen molar-refractivity contribution >= 4 is 17.8 Å². The molecule has 4 nitrogen and oxygen atoms in total. The molecule has 0 aliphatic heterocycles. The number of carbonyl (C=O) groups excluding carboxylic acids is 1. The minimum Gasteiger partial charge on any atom is -0.506 e. The highest BCUT2D eigenvalue weighted by molar-refractivity contribution is 5.91. The van der Waals surface area contributed by atoms with Gasteiger partial charge in [0.2, 0.25) is 0 Å². The van der Waals surface area contributed by atoms with E-state index in [-0.39, 0.29) is 5.75 Å². The first-order valence-electron chi connectivity index (χ1n) is 6.24. The highest BCUT2D eigenvalue weighted by Gasteiger charge is 2.04. The minimum atomic E-state index is -0.406. The molecule has 0 radical (unpaired) electrons. The Morgan fingerprint density at radius 2 is 1.90 bits per heavy atom. The van der Waals surface area contributed by atoms with Crippen molar-refractivity contribution in [1.29, 1.82) is 0 Å². The van der Waals surface area contributed by atoms with E-state index in [4.69, 9.17) is 0 Å². The van der Waals surface area contributed by atoms with Crippen molar-refractivity contribution in [2.24, 2.45) is 0 Å². The van der Waals surface area contributed by atoms with Crippen molar-refractivity contribution in [3.8, 4) is 5.75 Å². The maximum absolute atomic E-state index is 11.7. The summed E-state index contributed by atoms with van der Waals surface area (Å²) in [6.07, 6.45) is 3.34. The van der Waals surface area contributed by atoms with Gasteiger partial charge in [-0.25, -0.2) is 4.79 Å². The van der Waals surface area contributed by atoms with Crippen molar-refractivity contribution in [1.82, 2.24) is 5.32 Å². The fraction of sp³-hybridized carbons (Fsp3) is 0.0625. The molecular weight excluding hydrogens is 252 g/mol. The molecule has 0 spiro atoms. The molecule has 0 aromatic heterocycles. The van der Waals surface area contributed by atoms with Gasteiger partial charge in [0, 0.05) is 6.20 Å². The predicted octanol–water partition coefficient (Wildman–Crippen LogP) is 3.49. The van der Waals surface area contributed by atoms with Gasteiger partial charge in [-0.2, -0.15) is 0 Å². The fourth-order valence-corrected chi connectivity index (χ4v) is 1.68. The van der Waals surface area contributed by atoms with Crippen LogP contribution in [0.4, 0.5) is 10.5 Å². The lowest BCUT2D eigenvalue weighted by Crippen LogP contribution is -2.23. The van der Waals surface area contributed by atoms with Crippen molar-refractivity contribution < 1.29 is 9.90 Å². The first kappa shape index (κ1) is 13.7. The zero-order chi connectivity index (χ0) is 14.4. The van der Waals surface area contributed by atoms with Gasteiger partial charge in [-0.3, -0.25) is 0 Å². The molecule has 2 aromatic rings. The molecule has 0 heterocycles. The van der Waals surface area contributed by atoms with Gasteiger partial charge in [-0.1, -0.05) is 36.4 Å². The molecule has 0 saturated heterocycles. The lowest BCUT2D eigenvalue weighted by atomic mass is 10.2. The Morgan fingerprint density at radius 3 is 2.60 bits per heavy atom. The molecule has 0 fully saturated rings. The molecule has 2 rings (SSSR count). The molecule has 0 aliphatic carbocycles. The van der Waals surface area contributed by atoms with E-state index in [9.17, 15) is 9.90 Å². The minimum absolute atomic E-state index is 0.0483. The van der Waals surface area contributed by atoms with Gasteiger partial charge in [0.05, 0.1) is 5.69 Å². The smallest absolute Gasteiger partial charge is 0.323 e. The molecule has 2 amide bonds. The summed E-state index contributed by atoms with van der Waals surface area (Å²) >= 11 is 0. The molecule has 4 heteroatoms. The summed E-state index contributed by atoms with van der Waals surface area (Å²) in [7, 11) is 0. The molecule has 0 unspecified atom stereocenters. The lowest BCUT2D eigenvalue weighted by molar-refractivity contribution is 0.255. The monoisotopic (exact) mass is 268 g/mol. The number of carbonyl (C=O) groups is 1. The Labute approximate surface area is 117 Å². The highest BCUT2D eigenvalue weighted by atomic mass is 16.3. The van der Waals surface area contributed by atoms with Gasteiger partial charge in [-0.05, 0) is 36.3 Å². The van der Waals surface area contributed by atoms with Crippen LogP contribution in [0.5, 0.6) is 5.75 Å². The Morgan fingerprint density at radius 1 is 1.15 bits per heavy atom. The van der Waals surface area contributed by atoms with Gasteiger partial charge in [-0.15, -0.1) is 0 Å². The molecule has 0 atom stereocenters. The Hall–Kier alpha value is -2.75. The number of amides is 2. The quantitative estimate of drug-likeness (QED) is 0.746. The van der Waals surface area contributed by atoms with Crippen LogP contribution in [0.1, 0.15) is 11.1 Å². The van der Waals surface area contributed by atoms with Gasteiger partial charge < -0.3 is 15.7 Å². The Balaban J connectivity index is 1.91. The highest BCUT2D eigenvalue weighted by Crippen LogP contribution is 2.23. The summed E-state index contributed by atoms with van der Waals surface area (Å²) < 4.78 is 0. The topological polar surface area (TPSA) is 61.4 Å². The van der Waals surface area contributed by atoms with E-state index >= 15 is 0 Å². The number of rotatable bonds is 3. The van der Waals surface area contributed by atoms with Crippen LogP contribution < -0.4 is 10.6 Å². The van der Waals surface area contributed by atoms with Crippen molar-refractivity contribution in [2.75, 3.05) is 5.32 Å². The number of urea groups is 1. The van der Waals surface area contributed by atoms with E-state index < -0.39 is 6.03 Å².